The molecule has 15 heavy (non-hydrogen) atoms. The third kappa shape index (κ3) is 1.33. The lowest BCUT2D eigenvalue weighted by Gasteiger charge is -2.11. The number of hydrogen-bond acceptors (Lipinski definition) is 2. The van der Waals surface area contributed by atoms with Gasteiger partial charge in [0.15, 0.2) is 0 Å². The maximum absolute atomic E-state index is 6.21. The Morgan fingerprint density at radius 2 is 2.20 bits per heavy atom. The number of pyridine rings is 1. The quantitative estimate of drug-likeness (QED) is 0.689. The van der Waals surface area contributed by atoms with Crippen LogP contribution in [0.2, 0.25) is 5.02 Å². The summed E-state index contributed by atoms with van der Waals surface area (Å²) in [4.78, 5) is 4.38. The highest BCUT2D eigenvalue weighted by Gasteiger charge is 2.44. The molecule has 0 amide bonds. The minimum atomic E-state index is -0.231. The maximum Gasteiger partial charge on any atom is 0.117 e. The van der Waals surface area contributed by atoms with Gasteiger partial charge in [0.1, 0.15) is 5.60 Å². The van der Waals surface area contributed by atoms with Gasteiger partial charge in [0.2, 0.25) is 0 Å². The maximum atomic E-state index is 6.21. The Morgan fingerprint density at radius 1 is 1.40 bits per heavy atom. The van der Waals surface area contributed by atoms with Crippen molar-refractivity contribution in [1.82, 2.24) is 4.98 Å². The SMILES string of the molecule is CC1(c2c(Cl)ccc3cccnc23)CO1. The van der Waals surface area contributed by atoms with Gasteiger partial charge in [0, 0.05) is 22.2 Å². The number of halogens is 1. The van der Waals surface area contributed by atoms with E-state index in [-0.39, 0.29) is 5.60 Å². The van der Waals surface area contributed by atoms with Gasteiger partial charge < -0.3 is 4.74 Å². The number of hydrogen-bond donors (Lipinski definition) is 0. The molecule has 1 aromatic carbocycles. The monoisotopic (exact) mass is 219 g/mol. The van der Waals surface area contributed by atoms with Crippen LogP contribution in [0.5, 0.6) is 0 Å². The van der Waals surface area contributed by atoms with Crippen LogP contribution in [0.3, 0.4) is 0 Å². The van der Waals surface area contributed by atoms with Crippen molar-refractivity contribution in [2.45, 2.75) is 12.5 Å². The molecule has 0 aliphatic carbocycles. The van der Waals surface area contributed by atoms with Crippen molar-refractivity contribution >= 4 is 22.5 Å². The van der Waals surface area contributed by atoms with Crippen molar-refractivity contribution in [2.24, 2.45) is 0 Å². The molecule has 1 fully saturated rings. The van der Waals surface area contributed by atoms with Crippen molar-refractivity contribution in [3.8, 4) is 0 Å². The molecule has 0 N–H and O–H groups in total. The fourth-order valence-electron chi connectivity index (χ4n) is 1.88. The van der Waals surface area contributed by atoms with Crippen molar-refractivity contribution in [3.63, 3.8) is 0 Å². The lowest BCUT2D eigenvalue weighted by Crippen LogP contribution is -2.05. The average molecular weight is 220 g/mol. The lowest BCUT2D eigenvalue weighted by molar-refractivity contribution is 0.331. The predicted molar refractivity (Wildman–Crippen MR) is 60.1 cm³/mol. The Labute approximate surface area is 92.8 Å². The lowest BCUT2D eigenvalue weighted by atomic mass is 9.98. The van der Waals surface area contributed by atoms with Gasteiger partial charge in [0.25, 0.3) is 0 Å². The van der Waals surface area contributed by atoms with Crippen molar-refractivity contribution in [2.75, 3.05) is 6.61 Å². The van der Waals surface area contributed by atoms with Crippen LogP contribution in [-0.2, 0) is 10.3 Å². The van der Waals surface area contributed by atoms with Gasteiger partial charge >= 0.3 is 0 Å². The summed E-state index contributed by atoms with van der Waals surface area (Å²) in [7, 11) is 0. The first-order valence-corrected chi connectivity index (χ1v) is 5.26. The normalized spacial score (nSPS) is 24.4. The predicted octanol–water partition coefficient (Wildman–Crippen LogP) is 3.13. The summed E-state index contributed by atoms with van der Waals surface area (Å²) < 4.78 is 5.45. The first kappa shape index (κ1) is 9.13. The van der Waals surface area contributed by atoms with E-state index >= 15 is 0 Å². The minimum absolute atomic E-state index is 0.231. The third-order valence-electron chi connectivity index (χ3n) is 2.83. The highest BCUT2D eigenvalue weighted by molar-refractivity contribution is 6.32. The summed E-state index contributed by atoms with van der Waals surface area (Å²) in [6.45, 7) is 2.77. The van der Waals surface area contributed by atoms with Gasteiger partial charge in [0.05, 0.1) is 12.1 Å². The Kier molecular flexibility index (Phi) is 1.79. The number of ether oxygens (including phenoxy) is 1. The highest BCUT2D eigenvalue weighted by Crippen LogP contribution is 2.44. The molecule has 2 heterocycles. The van der Waals surface area contributed by atoms with Crippen molar-refractivity contribution in [1.29, 1.82) is 0 Å². The van der Waals surface area contributed by atoms with Crippen LogP contribution >= 0.6 is 11.6 Å². The number of benzene rings is 1. The molecule has 0 radical (unpaired) electrons. The van der Waals surface area contributed by atoms with Gasteiger partial charge in [-0.25, -0.2) is 0 Å². The second kappa shape index (κ2) is 2.94. The zero-order valence-corrected chi connectivity index (χ0v) is 9.08. The van der Waals surface area contributed by atoms with Crippen LogP contribution in [0.25, 0.3) is 10.9 Å². The van der Waals surface area contributed by atoms with E-state index in [2.05, 4.69) is 4.98 Å². The first-order valence-electron chi connectivity index (χ1n) is 4.88. The minimum Gasteiger partial charge on any atom is -0.365 e. The molecule has 0 saturated carbocycles. The summed E-state index contributed by atoms with van der Waals surface area (Å²) in [5.74, 6) is 0. The molecule has 76 valence electrons. The number of aromatic nitrogens is 1. The van der Waals surface area contributed by atoms with E-state index in [4.69, 9.17) is 16.3 Å². The van der Waals surface area contributed by atoms with E-state index < -0.39 is 0 Å². The van der Waals surface area contributed by atoms with Crippen LogP contribution in [0.4, 0.5) is 0 Å². The number of fused-ring (bicyclic) bond motifs is 1. The van der Waals surface area contributed by atoms with Crippen LogP contribution in [0.15, 0.2) is 30.5 Å². The molecular formula is C12H10ClNO. The molecular weight excluding hydrogens is 210 g/mol. The Morgan fingerprint density at radius 3 is 2.93 bits per heavy atom. The fourth-order valence-corrected chi connectivity index (χ4v) is 2.23. The summed E-state index contributed by atoms with van der Waals surface area (Å²) in [5, 5.41) is 1.84. The Bertz CT molecular complexity index is 534. The second-order valence-corrected chi connectivity index (χ2v) is 4.42. The molecule has 0 bridgehead atoms. The molecule has 1 aromatic heterocycles. The molecule has 1 aliphatic heterocycles. The zero-order chi connectivity index (χ0) is 10.5. The first-order chi connectivity index (χ1) is 7.21. The molecule has 1 saturated heterocycles. The van der Waals surface area contributed by atoms with E-state index in [9.17, 15) is 0 Å². The summed E-state index contributed by atoms with van der Waals surface area (Å²) in [5.41, 5.74) is 1.73. The largest absolute Gasteiger partial charge is 0.365 e. The standard InChI is InChI=1S/C12H10ClNO/c1-12(7-15-12)10-9(13)5-4-8-3-2-6-14-11(8)10/h2-6H,7H2,1H3. The molecule has 3 rings (SSSR count). The molecule has 1 aliphatic rings. The highest BCUT2D eigenvalue weighted by atomic mass is 35.5. The van der Waals surface area contributed by atoms with Crippen LogP contribution in [-0.4, -0.2) is 11.6 Å². The molecule has 2 nitrogen and oxygen atoms in total. The second-order valence-electron chi connectivity index (χ2n) is 4.02. The zero-order valence-electron chi connectivity index (χ0n) is 8.33. The van der Waals surface area contributed by atoms with Gasteiger partial charge in [-0.15, -0.1) is 0 Å². The van der Waals surface area contributed by atoms with Gasteiger partial charge in [-0.2, -0.15) is 0 Å². The van der Waals surface area contributed by atoms with Gasteiger partial charge in [-0.3, -0.25) is 4.98 Å². The van der Waals surface area contributed by atoms with Crippen LogP contribution in [0.1, 0.15) is 12.5 Å². The topological polar surface area (TPSA) is 25.4 Å². The van der Waals surface area contributed by atoms with Gasteiger partial charge in [-0.1, -0.05) is 23.7 Å². The van der Waals surface area contributed by atoms with Crippen molar-refractivity contribution in [3.05, 3.63) is 41.0 Å². The van der Waals surface area contributed by atoms with E-state index in [1.54, 1.807) is 6.20 Å². The molecule has 2 aromatic rings. The smallest absolute Gasteiger partial charge is 0.117 e. The molecule has 1 unspecified atom stereocenters. The number of nitrogens with zero attached hydrogens (tertiary/aromatic N) is 1. The summed E-state index contributed by atoms with van der Waals surface area (Å²) in [6, 6.07) is 7.86. The number of epoxide rings is 1. The van der Waals surface area contributed by atoms with Gasteiger partial charge in [-0.05, 0) is 19.1 Å². The fraction of sp³-hybridized carbons (Fsp3) is 0.250. The van der Waals surface area contributed by atoms with Crippen LogP contribution < -0.4 is 0 Å². The summed E-state index contributed by atoms with van der Waals surface area (Å²) in [6.07, 6.45) is 1.79. The van der Waals surface area contributed by atoms with Crippen LogP contribution in [0, 0.1) is 0 Å². The van der Waals surface area contributed by atoms with E-state index in [0.717, 1.165) is 28.1 Å². The third-order valence-corrected chi connectivity index (χ3v) is 3.14. The molecule has 1 atom stereocenters. The van der Waals surface area contributed by atoms with E-state index in [1.165, 1.54) is 0 Å². The van der Waals surface area contributed by atoms with Crippen molar-refractivity contribution < 1.29 is 4.74 Å². The van der Waals surface area contributed by atoms with E-state index in [0.29, 0.717) is 0 Å². The summed E-state index contributed by atoms with van der Waals surface area (Å²) >= 11 is 6.21. The Hall–Kier alpha value is -1.12. The number of rotatable bonds is 1. The Balaban J connectivity index is 2.38. The average Bonchev–Trinajstić information content (AvgIpc) is 2.97. The molecule has 0 spiro atoms. The molecule has 3 heteroatoms. The van der Waals surface area contributed by atoms with E-state index in [1.807, 2.05) is 31.2 Å².